The molecule has 1 aromatic carbocycles. The van der Waals surface area contributed by atoms with E-state index in [1.54, 1.807) is 0 Å². The first-order chi connectivity index (χ1) is 10.2. The first-order valence-corrected chi connectivity index (χ1v) is 7.16. The third-order valence-electron chi connectivity index (χ3n) is 4.09. The second-order valence-corrected chi connectivity index (χ2v) is 5.77. The Morgan fingerprint density at radius 3 is 2.86 bits per heavy atom. The zero-order chi connectivity index (χ0) is 14.4. The zero-order valence-electron chi connectivity index (χ0n) is 12.2. The number of aromatic nitrogens is 4. The van der Waals surface area contributed by atoms with E-state index in [4.69, 9.17) is 4.63 Å². The summed E-state index contributed by atoms with van der Waals surface area (Å²) in [6.45, 7) is 7.07. The molecule has 0 spiro atoms. The monoisotopic (exact) mass is 283 g/mol. The van der Waals surface area contributed by atoms with Crippen molar-refractivity contribution < 1.29 is 4.63 Å². The third-order valence-corrected chi connectivity index (χ3v) is 4.09. The van der Waals surface area contributed by atoms with E-state index in [9.17, 15) is 0 Å². The van der Waals surface area contributed by atoms with Crippen molar-refractivity contribution in [2.75, 3.05) is 13.1 Å². The molecule has 0 atom stereocenters. The van der Waals surface area contributed by atoms with Crippen LogP contribution >= 0.6 is 0 Å². The van der Waals surface area contributed by atoms with Crippen LogP contribution in [0, 0.1) is 13.8 Å². The van der Waals surface area contributed by atoms with Crippen molar-refractivity contribution in [3.8, 4) is 0 Å². The summed E-state index contributed by atoms with van der Waals surface area (Å²) in [5.74, 6) is 0. The maximum absolute atomic E-state index is 4.82. The summed E-state index contributed by atoms with van der Waals surface area (Å²) in [4.78, 5) is 2.39. The smallest absolute Gasteiger partial charge is 0.139 e. The van der Waals surface area contributed by atoms with E-state index in [0.29, 0.717) is 6.04 Å². The molecule has 0 aliphatic carbocycles. The standard InChI is InChI=1S/C15H17N5O/c1-10-6-11(2)20(16-10)13-8-19(9-13)7-12-4-3-5-14-15(12)18-21-17-14/h3-6,13H,7-9H2,1-2H3. The second kappa shape index (κ2) is 4.66. The molecule has 21 heavy (non-hydrogen) atoms. The van der Waals surface area contributed by atoms with Gasteiger partial charge in [-0.3, -0.25) is 9.58 Å². The van der Waals surface area contributed by atoms with Crippen LogP contribution in [0.5, 0.6) is 0 Å². The van der Waals surface area contributed by atoms with Gasteiger partial charge in [-0.15, -0.1) is 0 Å². The minimum Gasteiger partial charge on any atom is -0.295 e. The Bertz CT molecular complexity index is 784. The SMILES string of the molecule is Cc1cc(C)n(C2CN(Cc3cccc4nonc34)C2)n1. The van der Waals surface area contributed by atoms with Gasteiger partial charge in [0.2, 0.25) is 0 Å². The number of fused-ring (bicyclic) bond motifs is 1. The molecule has 3 heterocycles. The predicted molar refractivity (Wildman–Crippen MR) is 77.8 cm³/mol. The average molecular weight is 283 g/mol. The molecule has 1 fully saturated rings. The molecule has 2 aromatic heterocycles. The molecule has 1 saturated heterocycles. The minimum atomic E-state index is 0.480. The summed E-state index contributed by atoms with van der Waals surface area (Å²) in [5.41, 5.74) is 5.18. The fourth-order valence-electron chi connectivity index (χ4n) is 3.07. The van der Waals surface area contributed by atoms with Gasteiger partial charge >= 0.3 is 0 Å². The van der Waals surface area contributed by atoms with Gasteiger partial charge in [0.05, 0.1) is 11.7 Å². The lowest BCUT2D eigenvalue weighted by atomic mass is 10.1. The van der Waals surface area contributed by atoms with Gasteiger partial charge in [-0.2, -0.15) is 5.10 Å². The van der Waals surface area contributed by atoms with E-state index >= 15 is 0 Å². The predicted octanol–water partition coefficient (Wildman–Crippen LogP) is 2.09. The second-order valence-electron chi connectivity index (χ2n) is 5.77. The number of rotatable bonds is 3. The van der Waals surface area contributed by atoms with Crippen LogP contribution in [0.1, 0.15) is 23.0 Å². The van der Waals surface area contributed by atoms with Crippen LogP contribution < -0.4 is 0 Å². The van der Waals surface area contributed by atoms with E-state index in [1.165, 1.54) is 11.3 Å². The molecule has 0 unspecified atom stereocenters. The van der Waals surface area contributed by atoms with Gasteiger partial charge in [0.1, 0.15) is 11.0 Å². The van der Waals surface area contributed by atoms with Crippen LogP contribution in [-0.4, -0.2) is 38.1 Å². The Morgan fingerprint density at radius 1 is 1.24 bits per heavy atom. The number of nitrogens with zero attached hydrogens (tertiary/aromatic N) is 5. The Balaban J connectivity index is 1.47. The molecule has 0 saturated carbocycles. The molecule has 3 aromatic rings. The summed E-state index contributed by atoms with van der Waals surface area (Å²) >= 11 is 0. The largest absolute Gasteiger partial charge is 0.295 e. The molecule has 108 valence electrons. The maximum Gasteiger partial charge on any atom is 0.139 e. The van der Waals surface area contributed by atoms with Gasteiger partial charge in [-0.05, 0) is 41.9 Å². The third kappa shape index (κ3) is 2.12. The average Bonchev–Trinajstić information content (AvgIpc) is 3.00. The lowest BCUT2D eigenvalue weighted by molar-refractivity contribution is 0.0897. The van der Waals surface area contributed by atoms with Crippen LogP contribution in [0.25, 0.3) is 11.0 Å². The Labute approximate surface area is 122 Å². The summed E-state index contributed by atoms with van der Waals surface area (Å²) in [6, 6.07) is 8.62. The number of hydrogen-bond donors (Lipinski definition) is 0. The minimum absolute atomic E-state index is 0.480. The van der Waals surface area contributed by atoms with Crippen LogP contribution in [0.15, 0.2) is 28.9 Å². The molecular formula is C15H17N5O. The first-order valence-electron chi connectivity index (χ1n) is 7.16. The maximum atomic E-state index is 4.82. The molecule has 6 nitrogen and oxygen atoms in total. The van der Waals surface area contributed by atoms with Gasteiger partial charge in [0, 0.05) is 25.3 Å². The number of benzene rings is 1. The number of hydrogen-bond acceptors (Lipinski definition) is 5. The van der Waals surface area contributed by atoms with Gasteiger partial charge < -0.3 is 0 Å². The molecule has 0 amide bonds. The highest BCUT2D eigenvalue weighted by Gasteiger charge is 2.30. The topological polar surface area (TPSA) is 60.0 Å². The van der Waals surface area contributed by atoms with Crippen molar-refractivity contribution in [2.45, 2.75) is 26.4 Å². The van der Waals surface area contributed by atoms with Crippen LogP contribution in [-0.2, 0) is 6.54 Å². The van der Waals surface area contributed by atoms with E-state index in [2.05, 4.69) is 44.1 Å². The fourth-order valence-corrected chi connectivity index (χ4v) is 3.07. The van der Waals surface area contributed by atoms with Gasteiger partial charge in [0.15, 0.2) is 0 Å². The van der Waals surface area contributed by atoms with E-state index < -0.39 is 0 Å². The van der Waals surface area contributed by atoms with Crippen molar-refractivity contribution in [1.82, 2.24) is 25.0 Å². The van der Waals surface area contributed by atoms with Crippen LogP contribution in [0.2, 0.25) is 0 Å². The molecule has 1 aliphatic heterocycles. The summed E-state index contributed by atoms with van der Waals surface area (Å²) in [7, 11) is 0. The van der Waals surface area contributed by atoms with Crippen molar-refractivity contribution in [3.05, 3.63) is 41.2 Å². The van der Waals surface area contributed by atoms with Crippen LogP contribution in [0.4, 0.5) is 0 Å². The van der Waals surface area contributed by atoms with Gasteiger partial charge in [-0.25, -0.2) is 4.63 Å². The quantitative estimate of drug-likeness (QED) is 0.736. The molecule has 0 radical (unpaired) electrons. The van der Waals surface area contributed by atoms with E-state index in [-0.39, 0.29) is 0 Å². The fraction of sp³-hybridized carbons (Fsp3) is 0.400. The summed E-state index contributed by atoms with van der Waals surface area (Å²) < 4.78 is 6.96. The van der Waals surface area contributed by atoms with Crippen molar-refractivity contribution in [3.63, 3.8) is 0 Å². The lowest BCUT2D eigenvalue weighted by Crippen LogP contribution is -2.47. The Kier molecular flexibility index (Phi) is 2.78. The van der Waals surface area contributed by atoms with Crippen LogP contribution in [0.3, 0.4) is 0 Å². The Morgan fingerprint density at radius 2 is 2.10 bits per heavy atom. The summed E-state index contributed by atoms with van der Waals surface area (Å²) in [6.07, 6.45) is 0. The lowest BCUT2D eigenvalue weighted by Gasteiger charge is -2.39. The van der Waals surface area contributed by atoms with Crippen molar-refractivity contribution >= 4 is 11.0 Å². The first kappa shape index (κ1) is 12.5. The highest BCUT2D eigenvalue weighted by molar-refractivity contribution is 5.76. The van der Waals surface area contributed by atoms with E-state index in [1.807, 2.05) is 19.1 Å². The van der Waals surface area contributed by atoms with Crippen molar-refractivity contribution in [2.24, 2.45) is 0 Å². The zero-order valence-corrected chi connectivity index (χ0v) is 12.2. The highest BCUT2D eigenvalue weighted by atomic mass is 16.6. The molecule has 1 aliphatic rings. The molecule has 4 rings (SSSR count). The number of aryl methyl sites for hydroxylation is 2. The molecular weight excluding hydrogens is 266 g/mol. The van der Waals surface area contributed by atoms with Crippen molar-refractivity contribution in [1.29, 1.82) is 0 Å². The Hall–Kier alpha value is -2.21. The highest BCUT2D eigenvalue weighted by Crippen LogP contribution is 2.26. The molecule has 0 bridgehead atoms. The molecule has 6 heteroatoms. The normalized spacial score (nSPS) is 16.5. The van der Waals surface area contributed by atoms with E-state index in [0.717, 1.165) is 36.4 Å². The number of likely N-dealkylation sites (tertiary alicyclic amines) is 1. The van der Waals surface area contributed by atoms with Gasteiger partial charge in [0.25, 0.3) is 0 Å². The summed E-state index contributed by atoms with van der Waals surface area (Å²) in [5, 5.41) is 12.5. The molecule has 0 N–H and O–H groups in total. The van der Waals surface area contributed by atoms with Gasteiger partial charge in [-0.1, -0.05) is 12.1 Å².